The Morgan fingerprint density at radius 2 is 1.83 bits per heavy atom. The molecule has 0 atom stereocenters. The molecule has 0 fully saturated rings. The first-order chi connectivity index (χ1) is 8.52. The van der Waals surface area contributed by atoms with Gasteiger partial charge in [-0.05, 0) is 39.1 Å². The summed E-state index contributed by atoms with van der Waals surface area (Å²) in [5.41, 5.74) is 2.14. The van der Waals surface area contributed by atoms with E-state index in [4.69, 9.17) is 16.3 Å². The molecule has 18 heavy (non-hydrogen) atoms. The maximum Gasteiger partial charge on any atom is 0.141 e. The third-order valence-corrected chi connectivity index (χ3v) is 3.22. The molecule has 0 aliphatic rings. The van der Waals surface area contributed by atoms with Crippen molar-refractivity contribution in [2.75, 3.05) is 40.3 Å². The zero-order valence-electron chi connectivity index (χ0n) is 11.7. The van der Waals surface area contributed by atoms with Gasteiger partial charge in [0.2, 0.25) is 0 Å². The highest BCUT2D eigenvalue weighted by Gasteiger charge is 2.07. The highest BCUT2D eigenvalue weighted by molar-refractivity contribution is 6.32. The zero-order valence-corrected chi connectivity index (χ0v) is 12.5. The smallest absolute Gasteiger partial charge is 0.141 e. The van der Waals surface area contributed by atoms with Crippen LogP contribution in [-0.2, 0) is 0 Å². The Labute approximate surface area is 115 Å². The molecule has 0 aromatic heterocycles. The monoisotopic (exact) mass is 270 g/mol. The molecule has 1 rings (SSSR count). The van der Waals surface area contributed by atoms with Crippen molar-refractivity contribution in [1.82, 2.24) is 10.2 Å². The molecule has 0 aliphatic heterocycles. The van der Waals surface area contributed by atoms with Crippen LogP contribution in [0.1, 0.15) is 11.1 Å². The Hall–Kier alpha value is -0.770. The molecule has 0 saturated carbocycles. The van der Waals surface area contributed by atoms with Crippen molar-refractivity contribution in [1.29, 1.82) is 0 Å². The molecule has 0 amide bonds. The molecule has 0 radical (unpaired) electrons. The van der Waals surface area contributed by atoms with Crippen LogP contribution in [0.15, 0.2) is 12.1 Å². The summed E-state index contributed by atoms with van der Waals surface area (Å²) in [6.45, 7) is 7.47. The topological polar surface area (TPSA) is 24.5 Å². The Morgan fingerprint density at radius 1 is 1.17 bits per heavy atom. The minimum atomic E-state index is 0.636. The van der Waals surface area contributed by atoms with Crippen molar-refractivity contribution in [2.45, 2.75) is 13.8 Å². The molecule has 1 aromatic carbocycles. The molecule has 3 nitrogen and oxygen atoms in total. The van der Waals surface area contributed by atoms with Gasteiger partial charge in [-0.15, -0.1) is 0 Å². The number of rotatable bonds is 7. The maximum absolute atomic E-state index is 6.23. The van der Waals surface area contributed by atoms with Crippen LogP contribution in [0, 0.1) is 13.8 Å². The minimum absolute atomic E-state index is 0.636. The summed E-state index contributed by atoms with van der Waals surface area (Å²) >= 11 is 6.23. The lowest BCUT2D eigenvalue weighted by molar-refractivity contribution is 0.306. The van der Waals surface area contributed by atoms with E-state index in [0.29, 0.717) is 6.61 Å². The van der Waals surface area contributed by atoms with Crippen molar-refractivity contribution in [3.8, 4) is 5.75 Å². The van der Waals surface area contributed by atoms with E-state index >= 15 is 0 Å². The molecule has 0 unspecified atom stereocenters. The number of nitrogens with one attached hydrogen (secondary N) is 1. The number of likely N-dealkylation sites (N-methyl/N-ethyl adjacent to an activating group) is 1. The van der Waals surface area contributed by atoms with Gasteiger partial charge in [-0.2, -0.15) is 0 Å². The van der Waals surface area contributed by atoms with Crippen LogP contribution in [0.4, 0.5) is 0 Å². The van der Waals surface area contributed by atoms with E-state index in [0.717, 1.165) is 41.5 Å². The first-order valence-corrected chi connectivity index (χ1v) is 6.64. The SMILES string of the molecule is Cc1ccc(C)c(OCCNCCN(C)C)c1Cl. The lowest BCUT2D eigenvalue weighted by atomic mass is 10.1. The van der Waals surface area contributed by atoms with Crippen LogP contribution in [-0.4, -0.2) is 45.2 Å². The van der Waals surface area contributed by atoms with E-state index in [1.54, 1.807) is 0 Å². The van der Waals surface area contributed by atoms with Gasteiger partial charge in [0.05, 0.1) is 5.02 Å². The van der Waals surface area contributed by atoms with E-state index in [9.17, 15) is 0 Å². The number of ether oxygens (including phenoxy) is 1. The van der Waals surface area contributed by atoms with Crippen LogP contribution in [0.5, 0.6) is 5.75 Å². The Balaban J connectivity index is 2.33. The third kappa shape index (κ3) is 4.84. The standard InChI is InChI=1S/C14H23ClN2O/c1-11-5-6-12(2)14(13(11)15)18-10-8-16-7-9-17(3)4/h5-6,16H,7-10H2,1-4H3. The normalized spacial score (nSPS) is 11.0. The Kier molecular flexibility index (Phi) is 6.47. The fourth-order valence-electron chi connectivity index (χ4n) is 1.58. The van der Waals surface area contributed by atoms with Crippen molar-refractivity contribution in [2.24, 2.45) is 0 Å². The predicted octanol–water partition coefficient (Wildman–Crippen LogP) is 2.49. The van der Waals surface area contributed by atoms with Gasteiger partial charge in [0.25, 0.3) is 0 Å². The van der Waals surface area contributed by atoms with Gasteiger partial charge in [-0.25, -0.2) is 0 Å². The van der Waals surface area contributed by atoms with Gasteiger partial charge in [0, 0.05) is 19.6 Å². The molecular formula is C14H23ClN2O. The van der Waals surface area contributed by atoms with Crippen LogP contribution in [0.3, 0.4) is 0 Å². The molecule has 4 heteroatoms. The van der Waals surface area contributed by atoms with Crippen molar-refractivity contribution >= 4 is 11.6 Å². The highest BCUT2D eigenvalue weighted by atomic mass is 35.5. The van der Waals surface area contributed by atoms with Crippen LogP contribution in [0.25, 0.3) is 0 Å². The summed E-state index contributed by atoms with van der Waals surface area (Å²) in [5, 5.41) is 4.06. The fourth-order valence-corrected chi connectivity index (χ4v) is 1.85. The average molecular weight is 271 g/mol. The second-order valence-corrected chi connectivity index (χ2v) is 5.12. The third-order valence-electron chi connectivity index (χ3n) is 2.75. The van der Waals surface area contributed by atoms with Gasteiger partial charge in [0.15, 0.2) is 0 Å². The van der Waals surface area contributed by atoms with E-state index in [-0.39, 0.29) is 0 Å². The second kappa shape index (κ2) is 7.62. The quantitative estimate of drug-likeness (QED) is 0.771. The average Bonchev–Trinajstić information content (AvgIpc) is 2.32. The van der Waals surface area contributed by atoms with Crippen molar-refractivity contribution in [3.05, 3.63) is 28.3 Å². The molecule has 0 heterocycles. The number of nitrogens with zero attached hydrogens (tertiary/aromatic N) is 1. The van der Waals surface area contributed by atoms with Gasteiger partial charge < -0.3 is 15.0 Å². The first kappa shape index (κ1) is 15.3. The van der Waals surface area contributed by atoms with Gasteiger partial charge in [-0.1, -0.05) is 23.7 Å². The summed E-state index contributed by atoms with van der Waals surface area (Å²) in [7, 11) is 4.13. The Bertz CT molecular complexity index is 380. The fraction of sp³-hybridized carbons (Fsp3) is 0.571. The number of benzene rings is 1. The number of hydrogen-bond donors (Lipinski definition) is 1. The molecular weight excluding hydrogens is 248 g/mol. The van der Waals surface area contributed by atoms with Gasteiger partial charge in [0.1, 0.15) is 12.4 Å². The largest absolute Gasteiger partial charge is 0.490 e. The molecule has 0 bridgehead atoms. The number of hydrogen-bond acceptors (Lipinski definition) is 3. The maximum atomic E-state index is 6.23. The predicted molar refractivity (Wildman–Crippen MR) is 77.8 cm³/mol. The minimum Gasteiger partial charge on any atom is -0.490 e. The molecule has 1 N–H and O–H groups in total. The molecule has 1 aromatic rings. The zero-order chi connectivity index (χ0) is 13.5. The molecule has 102 valence electrons. The van der Waals surface area contributed by atoms with Crippen molar-refractivity contribution in [3.63, 3.8) is 0 Å². The number of halogens is 1. The van der Waals surface area contributed by atoms with E-state index in [1.165, 1.54) is 0 Å². The molecule has 0 saturated heterocycles. The number of aryl methyl sites for hydroxylation is 2. The van der Waals surface area contributed by atoms with Crippen LogP contribution < -0.4 is 10.1 Å². The lowest BCUT2D eigenvalue weighted by Gasteiger charge is -2.14. The molecule has 0 spiro atoms. The van der Waals surface area contributed by atoms with E-state index in [1.807, 2.05) is 26.0 Å². The van der Waals surface area contributed by atoms with E-state index < -0.39 is 0 Å². The summed E-state index contributed by atoms with van der Waals surface area (Å²) in [6, 6.07) is 4.05. The summed E-state index contributed by atoms with van der Waals surface area (Å²) in [4.78, 5) is 2.15. The lowest BCUT2D eigenvalue weighted by Crippen LogP contribution is -2.29. The summed E-state index contributed by atoms with van der Waals surface area (Å²) < 4.78 is 5.75. The van der Waals surface area contributed by atoms with E-state index in [2.05, 4.69) is 24.3 Å². The summed E-state index contributed by atoms with van der Waals surface area (Å²) in [5.74, 6) is 0.811. The van der Waals surface area contributed by atoms with Crippen molar-refractivity contribution < 1.29 is 4.74 Å². The van der Waals surface area contributed by atoms with Crippen LogP contribution in [0.2, 0.25) is 5.02 Å². The molecule has 0 aliphatic carbocycles. The first-order valence-electron chi connectivity index (χ1n) is 6.26. The highest BCUT2D eigenvalue weighted by Crippen LogP contribution is 2.31. The van der Waals surface area contributed by atoms with Gasteiger partial charge >= 0.3 is 0 Å². The Morgan fingerprint density at radius 3 is 2.50 bits per heavy atom. The second-order valence-electron chi connectivity index (χ2n) is 4.74. The van der Waals surface area contributed by atoms with Crippen LogP contribution >= 0.6 is 11.6 Å². The van der Waals surface area contributed by atoms with Gasteiger partial charge in [-0.3, -0.25) is 0 Å². The summed E-state index contributed by atoms with van der Waals surface area (Å²) in [6.07, 6.45) is 0.